The van der Waals surface area contributed by atoms with Crippen LogP contribution in [-0.2, 0) is 4.84 Å². The maximum atomic E-state index is 8.91. The number of hydrogen-bond donors (Lipinski definition) is 1. The highest BCUT2D eigenvalue weighted by Gasteiger charge is 2.22. The zero-order chi connectivity index (χ0) is 10.8. The molecule has 0 bridgehead atoms. The van der Waals surface area contributed by atoms with Gasteiger partial charge in [0.25, 0.3) is 0 Å². The van der Waals surface area contributed by atoms with Crippen LogP contribution in [0.4, 0.5) is 0 Å². The minimum absolute atomic E-state index is 0.0291. The molecular formula is C10H9BrClNO2. The summed E-state index contributed by atoms with van der Waals surface area (Å²) in [6, 6.07) is 5.56. The fourth-order valence-electron chi connectivity index (χ4n) is 1.40. The number of oxime groups is 1. The lowest BCUT2D eigenvalue weighted by Crippen LogP contribution is -2.12. The molecule has 1 aliphatic rings. The number of benzene rings is 1. The lowest BCUT2D eigenvalue weighted by molar-refractivity contribution is 0.0390. The Morgan fingerprint density at radius 1 is 1.60 bits per heavy atom. The number of aliphatic hydroxyl groups is 1. The van der Waals surface area contributed by atoms with Crippen molar-refractivity contribution in [3.63, 3.8) is 0 Å². The molecule has 3 nitrogen and oxygen atoms in total. The quantitative estimate of drug-likeness (QED) is 0.909. The molecule has 1 aliphatic heterocycles. The van der Waals surface area contributed by atoms with Gasteiger partial charge in [0.2, 0.25) is 0 Å². The summed E-state index contributed by atoms with van der Waals surface area (Å²) in [7, 11) is 0. The summed E-state index contributed by atoms with van der Waals surface area (Å²) in [5.41, 5.74) is 1.63. The van der Waals surface area contributed by atoms with E-state index in [1.165, 1.54) is 0 Å². The summed E-state index contributed by atoms with van der Waals surface area (Å²) < 4.78 is 0.942. The average molecular weight is 291 g/mol. The van der Waals surface area contributed by atoms with Gasteiger partial charge in [-0.1, -0.05) is 32.7 Å². The number of hydrogen-bond acceptors (Lipinski definition) is 3. The first kappa shape index (κ1) is 10.9. The van der Waals surface area contributed by atoms with Crippen molar-refractivity contribution in [1.82, 2.24) is 0 Å². The van der Waals surface area contributed by atoms with Crippen molar-refractivity contribution in [3.05, 3.63) is 33.3 Å². The van der Waals surface area contributed by atoms with Crippen LogP contribution >= 0.6 is 27.5 Å². The van der Waals surface area contributed by atoms with Crippen molar-refractivity contribution in [2.24, 2.45) is 5.16 Å². The molecule has 0 amide bonds. The van der Waals surface area contributed by atoms with E-state index in [1.54, 1.807) is 6.07 Å². The summed E-state index contributed by atoms with van der Waals surface area (Å²) in [6.45, 7) is -0.0291. The Balaban J connectivity index is 2.27. The highest BCUT2D eigenvalue weighted by molar-refractivity contribution is 9.10. The van der Waals surface area contributed by atoms with Crippen LogP contribution < -0.4 is 0 Å². The Morgan fingerprint density at radius 2 is 2.40 bits per heavy atom. The van der Waals surface area contributed by atoms with Crippen LogP contribution in [0.15, 0.2) is 27.8 Å². The normalized spacial score (nSPS) is 19.9. The molecule has 1 atom stereocenters. The fraction of sp³-hybridized carbons (Fsp3) is 0.300. The summed E-state index contributed by atoms with van der Waals surface area (Å²) in [5, 5.41) is 13.5. The molecule has 15 heavy (non-hydrogen) atoms. The van der Waals surface area contributed by atoms with E-state index in [0.29, 0.717) is 11.4 Å². The molecule has 1 aromatic rings. The molecule has 0 radical (unpaired) electrons. The summed E-state index contributed by atoms with van der Waals surface area (Å²) >= 11 is 9.42. The first-order chi connectivity index (χ1) is 7.20. The zero-order valence-corrected chi connectivity index (χ0v) is 10.1. The molecule has 1 heterocycles. The van der Waals surface area contributed by atoms with Crippen molar-refractivity contribution < 1.29 is 9.94 Å². The van der Waals surface area contributed by atoms with Crippen LogP contribution in [0.1, 0.15) is 12.0 Å². The summed E-state index contributed by atoms with van der Waals surface area (Å²) in [6.07, 6.45) is 0.349. The van der Waals surface area contributed by atoms with Crippen molar-refractivity contribution in [2.45, 2.75) is 12.5 Å². The molecule has 0 saturated heterocycles. The molecule has 1 aromatic carbocycles. The van der Waals surface area contributed by atoms with E-state index >= 15 is 0 Å². The predicted molar refractivity (Wildman–Crippen MR) is 62.3 cm³/mol. The van der Waals surface area contributed by atoms with Crippen LogP contribution in [0, 0.1) is 0 Å². The molecule has 0 aromatic heterocycles. The second-order valence-electron chi connectivity index (χ2n) is 3.28. The Kier molecular flexibility index (Phi) is 3.29. The highest BCUT2D eigenvalue weighted by atomic mass is 79.9. The van der Waals surface area contributed by atoms with E-state index in [4.69, 9.17) is 21.5 Å². The molecular weight excluding hydrogens is 281 g/mol. The standard InChI is InChI=1S/C10H9BrClNO2/c11-6-1-2-9(12)8(3-6)10-4-7(5-14)15-13-10/h1-3,7,14H,4-5H2. The minimum Gasteiger partial charge on any atom is -0.392 e. The van der Waals surface area contributed by atoms with Crippen LogP contribution in [0.5, 0.6) is 0 Å². The van der Waals surface area contributed by atoms with E-state index in [0.717, 1.165) is 15.7 Å². The highest BCUT2D eigenvalue weighted by Crippen LogP contribution is 2.25. The third-order valence-electron chi connectivity index (χ3n) is 2.18. The molecule has 1 unspecified atom stereocenters. The molecule has 0 aliphatic carbocycles. The van der Waals surface area contributed by atoms with E-state index in [9.17, 15) is 0 Å². The van der Waals surface area contributed by atoms with Crippen LogP contribution in [0.25, 0.3) is 0 Å². The van der Waals surface area contributed by atoms with Gasteiger partial charge in [-0.2, -0.15) is 0 Å². The maximum Gasteiger partial charge on any atom is 0.156 e. The van der Waals surface area contributed by atoms with E-state index in [-0.39, 0.29) is 12.7 Å². The molecule has 2 rings (SSSR count). The molecule has 1 N–H and O–H groups in total. The third kappa shape index (κ3) is 2.33. The van der Waals surface area contributed by atoms with Gasteiger partial charge in [-0.15, -0.1) is 0 Å². The van der Waals surface area contributed by atoms with Gasteiger partial charge < -0.3 is 9.94 Å². The monoisotopic (exact) mass is 289 g/mol. The Morgan fingerprint density at radius 3 is 3.07 bits per heavy atom. The number of halogens is 2. The largest absolute Gasteiger partial charge is 0.392 e. The average Bonchev–Trinajstić information content (AvgIpc) is 2.70. The van der Waals surface area contributed by atoms with Crippen LogP contribution in [0.3, 0.4) is 0 Å². The minimum atomic E-state index is -0.241. The van der Waals surface area contributed by atoms with E-state index in [2.05, 4.69) is 21.1 Å². The number of aliphatic hydroxyl groups excluding tert-OH is 1. The van der Waals surface area contributed by atoms with Gasteiger partial charge in [-0.3, -0.25) is 0 Å². The van der Waals surface area contributed by atoms with Crippen molar-refractivity contribution in [1.29, 1.82) is 0 Å². The lowest BCUT2D eigenvalue weighted by Gasteiger charge is -2.03. The van der Waals surface area contributed by atoms with Gasteiger partial charge >= 0.3 is 0 Å². The zero-order valence-electron chi connectivity index (χ0n) is 7.78. The Bertz CT molecular complexity index is 408. The summed E-state index contributed by atoms with van der Waals surface area (Å²) in [4.78, 5) is 5.03. The van der Waals surface area contributed by atoms with E-state index < -0.39 is 0 Å². The molecule has 0 spiro atoms. The molecule has 5 heteroatoms. The topological polar surface area (TPSA) is 41.8 Å². The number of rotatable bonds is 2. The first-order valence-electron chi connectivity index (χ1n) is 4.49. The van der Waals surface area contributed by atoms with Gasteiger partial charge in [0.05, 0.1) is 12.3 Å². The van der Waals surface area contributed by atoms with Gasteiger partial charge in [-0.25, -0.2) is 0 Å². The van der Waals surface area contributed by atoms with Gasteiger partial charge in [0.15, 0.2) is 6.10 Å². The third-order valence-corrected chi connectivity index (χ3v) is 3.00. The first-order valence-corrected chi connectivity index (χ1v) is 5.67. The molecule has 0 saturated carbocycles. The number of nitrogens with zero attached hydrogens (tertiary/aromatic N) is 1. The second-order valence-corrected chi connectivity index (χ2v) is 4.60. The molecule has 80 valence electrons. The SMILES string of the molecule is OCC1CC(c2cc(Br)ccc2Cl)=NO1. The lowest BCUT2D eigenvalue weighted by atomic mass is 10.1. The Hall–Kier alpha value is -0.580. The van der Waals surface area contributed by atoms with Crippen molar-refractivity contribution in [3.8, 4) is 0 Å². The van der Waals surface area contributed by atoms with Gasteiger partial charge in [0.1, 0.15) is 0 Å². The maximum absolute atomic E-state index is 8.91. The predicted octanol–water partition coefficient (Wildman–Crippen LogP) is 2.59. The second kappa shape index (κ2) is 4.51. The smallest absolute Gasteiger partial charge is 0.156 e. The Labute approximate surface area is 101 Å². The van der Waals surface area contributed by atoms with Crippen LogP contribution in [-0.4, -0.2) is 23.5 Å². The van der Waals surface area contributed by atoms with Crippen molar-refractivity contribution >= 4 is 33.2 Å². The summed E-state index contributed by atoms with van der Waals surface area (Å²) in [5.74, 6) is 0. The van der Waals surface area contributed by atoms with Gasteiger partial charge in [0, 0.05) is 21.5 Å². The van der Waals surface area contributed by atoms with Crippen LogP contribution in [0.2, 0.25) is 5.02 Å². The molecule has 0 fully saturated rings. The van der Waals surface area contributed by atoms with E-state index in [1.807, 2.05) is 12.1 Å². The van der Waals surface area contributed by atoms with Crippen molar-refractivity contribution in [2.75, 3.05) is 6.61 Å². The fourth-order valence-corrected chi connectivity index (χ4v) is 1.99. The van der Waals surface area contributed by atoms with Gasteiger partial charge in [-0.05, 0) is 18.2 Å².